The van der Waals surface area contributed by atoms with Crippen LogP contribution < -0.4 is 14.8 Å². The molecule has 156 valence electrons. The van der Waals surface area contributed by atoms with Crippen LogP contribution in [-0.2, 0) is 13.0 Å². The van der Waals surface area contributed by atoms with E-state index < -0.39 is 0 Å². The molecule has 0 radical (unpaired) electrons. The Bertz CT molecular complexity index is 969. The van der Waals surface area contributed by atoms with Crippen molar-refractivity contribution in [3.8, 4) is 11.5 Å². The number of methoxy groups -OCH3 is 1. The van der Waals surface area contributed by atoms with Crippen LogP contribution in [0.15, 0.2) is 72.8 Å². The van der Waals surface area contributed by atoms with Crippen LogP contribution in [0.5, 0.6) is 11.5 Å². The van der Waals surface area contributed by atoms with E-state index in [4.69, 9.17) is 9.47 Å². The quantitative estimate of drug-likeness (QED) is 0.525. The van der Waals surface area contributed by atoms with Crippen LogP contribution in [0.2, 0.25) is 0 Å². The highest BCUT2D eigenvalue weighted by molar-refractivity contribution is 5.94. The maximum absolute atomic E-state index is 12.7. The second-order valence-electron chi connectivity index (χ2n) is 7.53. The standard InChI is InChI=1S/C26H29NO3/c1-19-8-7-11-24(16-19)30-18-23-17-22(14-15-25(23)29-3)26(28)27-20(2)12-13-21-9-5-4-6-10-21/h4-11,14-17,20H,12-13,18H2,1-3H3,(H,27,28). The third-order valence-corrected chi connectivity index (χ3v) is 5.01. The van der Waals surface area contributed by atoms with Crippen molar-refractivity contribution in [3.05, 3.63) is 95.1 Å². The van der Waals surface area contributed by atoms with Crippen LogP contribution in [0, 0.1) is 6.92 Å². The van der Waals surface area contributed by atoms with Crippen molar-refractivity contribution in [2.75, 3.05) is 7.11 Å². The van der Waals surface area contributed by atoms with Gasteiger partial charge in [-0.05, 0) is 68.1 Å². The molecule has 3 aromatic carbocycles. The molecule has 0 aliphatic heterocycles. The molecule has 3 aromatic rings. The topological polar surface area (TPSA) is 47.6 Å². The number of carbonyl (C=O) groups excluding carboxylic acids is 1. The molecule has 0 saturated heterocycles. The average molecular weight is 404 g/mol. The van der Waals surface area contributed by atoms with Crippen molar-refractivity contribution in [1.82, 2.24) is 5.32 Å². The van der Waals surface area contributed by atoms with E-state index in [1.165, 1.54) is 5.56 Å². The predicted octanol–water partition coefficient (Wildman–Crippen LogP) is 5.33. The maximum Gasteiger partial charge on any atom is 0.251 e. The third kappa shape index (κ3) is 6.11. The molecule has 0 bridgehead atoms. The number of carbonyl (C=O) groups is 1. The Hall–Kier alpha value is -3.27. The van der Waals surface area contributed by atoms with E-state index in [2.05, 4.69) is 17.4 Å². The Morgan fingerprint density at radius 3 is 2.53 bits per heavy atom. The molecule has 0 fully saturated rings. The van der Waals surface area contributed by atoms with Gasteiger partial charge in [0.15, 0.2) is 0 Å². The summed E-state index contributed by atoms with van der Waals surface area (Å²) in [6.45, 7) is 4.39. The number of aryl methyl sites for hydroxylation is 2. The zero-order valence-corrected chi connectivity index (χ0v) is 17.9. The summed E-state index contributed by atoms with van der Waals surface area (Å²) in [5.74, 6) is 1.41. The molecule has 1 N–H and O–H groups in total. The van der Waals surface area contributed by atoms with Gasteiger partial charge in [-0.25, -0.2) is 0 Å². The summed E-state index contributed by atoms with van der Waals surface area (Å²) in [5.41, 5.74) is 3.85. The number of ether oxygens (including phenoxy) is 2. The minimum absolute atomic E-state index is 0.0757. The van der Waals surface area contributed by atoms with Crippen molar-refractivity contribution in [1.29, 1.82) is 0 Å². The smallest absolute Gasteiger partial charge is 0.251 e. The third-order valence-electron chi connectivity index (χ3n) is 5.01. The Kier molecular flexibility index (Phi) is 7.50. The van der Waals surface area contributed by atoms with Crippen LogP contribution in [0.3, 0.4) is 0 Å². The number of hydrogen-bond acceptors (Lipinski definition) is 3. The largest absolute Gasteiger partial charge is 0.496 e. The van der Waals surface area contributed by atoms with Gasteiger partial charge in [0.25, 0.3) is 5.91 Å². The first kappa shape index (κ1) is 21.4. The Labute approximate surface area is 178 Å². The molecular formula is C26H29NO3. The van der Waals surface area contributed by atoms with Gasteiger partial charge in [-0.1, -0.05) is 42.5 Å². The molecule has 0 heterocycles. The lowest BCUT2D eigenvalue weighted by atomic mass is 10.1. The Morgan fingerprint density at radius 1 is 1.00 bits per heavy atom. The fraction of sp³-hybridized carbons (Fsp3) is 0.269. The summed E-state index contributed by atoms with van der Waals surface area (Å²) in [6.07, 6.45) is 1.82. The van der Waals surface area contributed by atoms with Gasteiger partial charge in [0, 0.05) is 17.2 Å². The van der Waals surface area contributed by atoms with Gasteiger partial charge in [0.2, 0.25) is 0 Å². The van der Waals surface area contributed by atoms with Crippen LogP contribution in [0.1, 0.15) is 40.4 Å². The minimum atomic E-state index is -0.0879. The zero-order valence-electron chi connectivity index (χ0n) is 17.9. The average Bonchev–Trinajstić information content (AvgIpc) is 2.77. The van der Waals surface area contributed by atoms with Crippen LogP contribution in [0.25, 0.3) is 0 Å². The summed E-state index contributed by atoms with van der Waals surface area (Å²) < 4.78 is 11.4. The highest BCUT2D eigenvalue weighted by Crippen LogP contribution is 2.23. The number of hydrogen-bond donors (Lipinski definition) is 1. The fourth-order valence-electron chi connectivity index (χ4n) is 3.31. The molecule has 0 spiro atoms. The first-order valence-electron chi connectivity index (χ1n) is 10.3. The Morgan fingerprint density at radius 2 is 1.80 bits per heavy atom. The normalized spacial score (nSPS) is 11.6. The molecule has 1 unspecified atom stereocenters. The van der Waals surface area contributed by atoms with Crippen molar-refractivity contribution < 1.29 is 14.3 Å². The summed E-state index contributed by atoms with van der Waals surface area (Å²) in [4.78, 5) is 12.7. The van der Waals surface area contributed by atoms with E-state index in [0.29, 0.717) is 17.9 Å². The SMILES string of the molecule is COc1ccc(C(=O)NC(C)CCc2ccccc2)cc1COc1cccc(C)c1. The summed E-state index contributed by atoms with van der Waals surface area (Å²) in [5, 5.41) is 3.09. The molecular weight excluding hydrogens is 374 g/mol. The molecule has 4 nitrogen and oxygen atoms in total. The molecule has 0 aliphatic carbocycles. The van der Waals surface area contributed by atoms with Gasteiger partial charge in [0.1, 0.15) is 18.1 Å². The molecule has 1 atom stereocenters. The summed E-state index contributed by atoms with van der Waals surface area (Å²) in [7, 11) is 1.62. The molecule has 1 amide bonds. The van der Waals surface area contributed by atoms with E-state index in [1.807, 2.05) is 68.4 Å². The zero-order chi connectivity index (χ0) is 21.3. The van der Waals surface area contributed by atoms with Crippen molar-refractivity contribution >= 4 is 5.91 Å². The highest BCUT2D eigenvalue weighted by Gasteiger charge is 2.13. The molecule has 4 heteroatoms. The lowest BCUT2D eigenvalue weighted by Gasteiger charge is -2.16. The van der Waals surface area contributed by atoms with E-state index in [1.54, 1.807) is 13.2 Å². The Balaban J connectivity index is 1.61. The van der Waals surface area contributed by atoms with Crippen LogP contribution in [-0.4, -0.2) is 19.1 Å². The first-order chi connectivity index (χ1) is 14.5. The number of rotatable bonds is 9. The van der Waals surface area contributed by atoms with E-state index >= 15 is 0 Å². The maximum atomic E-state index is 12.7. The minimum Gasteiger partial charge on any atom is -0.496 e. The fourth-order valence-corrected chi connectivity index (χ4v) is 3.31. The van der Waals surface area contributed by atoms with Crippen LogP contribution >= 0.6 is 0 Å². The number of nitrogens with one attached hydrogen (secondary N) is 1. The summed E-state index contributed by atoms with van der Waals surface area (Å²) in [6, 6.07) is 23.7. The van der Waals surface area contributed by atoms with Gasteiger partial charge in [-0.2, -0.15) is 0 Å². The van der Waals surface area contributed by atoms with Gasteiger partial charge < -0.3 is 14.8 Å². The lowest BCUT2D eigenvalue weighted by Crippen LogP contribution is -2.33. The second-order valence-corrected chi connectivity index (χ2v) is 7.53. The van der Waals surface area contributed by atoms with Crippen molar-refractivity contribution in [2.45, 2.75) is 39.3 Å². The molecule has 0 aliphatic rings. The first-order valence-corrected chi connectivity index (χ1v) is 10.3. The second kappa shape index (κ2) is 10.5. The summed E-state index contributed by atoms with van der Waals surface area (Å²) >= 11 is 0. The van der Waals surface area contributed by atoms with Crippen LogP contribution in [0.4, 0.5) is 0 Å². The van der Waals surface area contributed by atoms with E-state index in [0.717, 1.165) is 29.7 Å². The van der Waals surface area contributed by atoms with Crippen molar-refractivity contribution in [3.63, 3.8) is 0 Å². The van der Waals surface area contributed by atoms with Gasteiger partial charge in [-0.15, -0.1) is 0 Å². The van der Waals surface area contributed by atoms with E-state index in [-0.39, 0.29) is 11.9 Å². The number of benzene rings is 3. The van der Waals surface area contributed by atoms with E-state index in [9.17, 15) is 4.79 Å². The lowest BCUT2D eigenvalue weighted by molar-refractivity contribution is 0.0938. The highest BCUT2D eigenvalue weighted by atomic mass is 16.5. The van der Waals surface area contributed by atoms with Gasteiger partial charge >= 0.3 is 0 Å². The molecule has 0 aromatic heterocycles. The predicted molar refractivity (Wildman–Crippen MR) is 120 cm³/mol. The van der Waals surface area contributed by atoms with Gasteiger partial charge in [0.05, 0.1) is 7.11 Å². The monoisotopic (exact) mass is 403 g/mol. The molecule has 30 heavy (non-hydrogen) atoms. The molecule has 0 saturated carbocycles. The van der Waals surface area contributed by atoms with Gasteiger partial charge in [-0.3, -0.25) is 4.79 Å². The molecule has 3 rings (SSSR count). The van der Waals surface area contributed by atoms with Crippen molar-refractivity contribution in [2.24, 2.45) is 0 Å². The number of amides is 1.